The smallest absolute Gasteiger partial charge is 0.342 e. The quantitative estimate of drug-likeness (QED) is 0.500. The van der Waals surface area contributed by atoms with Crippen LogP contribution in [0, 0.1) is 6.92 Å². The molecule has 1 amide bonds. The number of aryl methyl sites for hydroxylation is 1. The molecular formula is C19H19N3O5S. The number of esters is 1. The zero-order valence-electron chi connectivity index (χ0n) is 15.6. The molecule has 8 nitrogen and oxygen atoms in total. The second-order valence-electron chi connectivity index (χ2n) is 5.89. The number of amides is 1. The standard InChI is InChI=1S/C19H19N3O5S/c1-4-26-19(25)15-11(2)27-17-16(15)18(24)22(10-20-17)9-14(23)21-12-6-5-7-13(8-12)28-3/h5-8,10H,4,9H2,1-3H3,(H,21,23). The van der Waals surface area contributed by atoms with Crippen LogP contribution >= 0.6 is 11.8 Å². The summed E-state index contributed by atoms with van der Waals surface area (Å²) in [6.45, 7) is 3.14. The van der Waals surface area contributed by atoms with Gasteiger partial charge in [-0.2, -0.15) is 0 Å². The summed E-state index contributed by atoms with van der Waals surface area (Å²) in [6, 6.07) is 7.37. The number of rotatable bonds is 6. The Kier molecular flexibility index (Phi) is 5.84. The number of hydrogen-bond donors (Lipinski definition) is 1. The number of anilines is 1. The second-order valence-corrected chi connectivity index (χ2v) is 6.77. The first kappa shape index (κ1) is 19.7. The van der Waals surface area contributed by atoms with Crippen LogP contribution in [0.2, 0.25) is 0 Å². The number of carbonyl (C=O) groups excluding carboxylic acids is 2. The number of carbonyl (C=O) groups is 2. The van der Waals surface area contributed by atoms with E-state index in [4.69, 9.17) is 9.15 Å². The van der Waals surface area contributed by atoms with Crippen molar-refractivity contribution in [3.8, 4) is 0 Å². The number of fused-ring (bicyclic) bond motifs is 1. The molecule has 1 N–H and O–H groups in total. The average molecular weight is 401 g/mol. The topological polar surface area (TPSA) is 103 Å². The van der Waals surface area contributed by atoms with E-state index in [1.165, 1.54) is 6.33 Å². The number of nitrogens with one attached hydrogen (secondary N) is 1. The fraction of sp³-hybridized carbons (Fsp3) is 0.263. The Balaban J connectivity index is 1.90. The van der Waals surface area contributed by atoms with Gasteiger partial charge in [0, 0.05) is 10.6 Å². The van der Waals surface area contributed by atoms with Crippen molar-refractivity contribution in [2.45, 2.75) is 25.3 Å². The minimum absolute atomic E-state index is 0.00984. The fourth-order valence-electron chi connectivity index (χ4n) is 2.76. The molecule has 0 saturated carbocycles. The van der Waals surface area contributed by atoms with Crippen molar-refractivity contribution in [1.82, 2.24) is 9.55 Å². The number of nitrogens with zero attached hydrogens (tertiary/aromatic N) is 2. The third-order valence-electron chi connectivity index (χ3n) is 4.00. The predicted octanol–water partition coefficient (Wildman–Crippen LogP) is 2.84. The van der Waals surface area contributed by atoms with E-state index in [0.717, 1.165) is 9.46 Å². The molecule has 3 rings (SSSR count). The molecule has 0 aliphatic rings. The van der Waals surface area contributed by atoms with Crippen LogP contribution in [0.25, 0.3) is 11.1 Å². The lowest BCUT2D eigenvalue weighted by atomic mass is 10.2. The maximum absolute atomic E-state index is 12.8. The minimum Gasteiger partial charge on any atom is -0.462 e. The molecular weight excluding hydrogens is 382 g/mol. The van der Waals surface area contributed by atoms with Crippen LogP contribution in [-0.2, 0) is 16.1 Å². The van der Waals surface area contributed by atoms with Crippen molar-refractivity contribution in [3.05, 3.63) is 52.3 Å². The van der Waals surface area contributed by atoms with Crippen LogP contribution in [0.15, 0.2) is 44.7 Å². The van der Waals surface area contributed by atoms with E-state index < -0.39 is 11.5 Å². The first-order valence-electron chi connectivity index (χ1n) is 8.54. The van der Waals surface area contributed by atoms with E-state index >= 15 is 0 Å². The molecule has 2 aromatic heterocycles. The van der Waals surface area contributed by atoms with Crippen LogP contribution in [0.5, 0.6) is 0 Å². The van der Waals surface area contributed by atoms with Gasteiger partial charge in [-0.05, 0) is 38.3 Å². The number of ether oxygens (including phenoxy) is 1. The summed E-state index contributed by atoms with van der Waals surface area (Å²) in [5.41, 5.74) is 0.162. The highest BCUT2D eigenvalue weighted by atomic mass is 32.2. The molecule has 1 aromatic carbocycles. The van der Waals surface area contributed by atoms with Gasteiger partial charge < -0.3 is 14.5 Å². The van der Waals surface area contributed by atoms with Gasteiger partial charge in [-0.15, -0.1) is 11.8 Å². The van der Waals surface area contributed by atoms with E-state index in [-0.39, 0.29) is 41.5 Å². The monoisotopic (exact) mass is 401 g/mol. The minimum atomic E-state index is -0.659. The molecule has 0 bridgehead atoms. The van der Waals surface area contributed by atoms with Crippen molar-refractivity contribution >= 4 is 40.4 Å². The normalized spacial score (nSPS) is 10.8. The molecule has 0 radical (unpaired) electrons. The SMILES string of the molecule is CCOC(=O)c1c(C)oc2ncn(CC(=O)Nc3cccc(SC)c3)c(=O)c12. The first-order chi connectivity index (χ1) is 13.4. The number of furan rings is 1. The number of hydrogen-bond acceptors (Lipinski definition) is 7. The zero-order chi connectivity index (χ0) is 20.3. The van der Waals surface area contributed by atoms with Crippen LogP contribution in [0.3, 0.4) is 0 Å². The summed E-state index contributed by atoms with van der Waals surface area (Å²) >= 11 is 1.56. The average Bonchev–Trinajstić information content (AvgIpc) is 3.01. The molecule has 2 heterocycles. The summed E-state index contributed by atoms with van der Waals surface area (Å²) in [6.07, 6.45) is 3.16. The van der Waals surface area contributed by atoms with Gasteiger partial charge in [0.2, 0.25) is 11.6 Å². The number of benzene rings is 1. The molecule has 0 unspecified atom stereocenters. The number of thioether (sulfide) groups is 1. The second kappa shape index (κ2) is 8.30. The van der Waals surface area contributed by atoms with Crippen molar-refractivity contribution in [3.63, 3.8) is 0 Å². The van der Waals surface area contributed by atoms with Crippen LogP contribution < -0.4 is 10.9 Å². The molecule has 0 atom stereocenters. The van der Waals surface area contributed by atoms with Gasteiger partial charge in [-0.25, -0.2) is 9.78 Å². The molecule has 0 fully saturated rings. The Morgan fingerprint density at radius 2 is 2.14 bits per heavy atom. The first-order valence-corrected chi connectivity index (χ1v) is 9.76. The summed E-state index contributed by atoms with van der Waals surface area (Å²) < 4.78 is 11.5. The Bertz CT molecular complexity index is 1100. The van der Waals surface area contributed by atoms with Crippen LogP contribution in [0.1, 0.15) is 23.0 Å². The summed E-state index contributed by atoms with van der Waals surface area (Å²) in [5, 5.41) is 2.76. The van der Waals surface area contributed by atoms with E-state index in [1.54, 1.807) is 31.7 Å². The van der Waals surface area contributed by atoms with Gasteiger partial charge in [-0.3, -0.25) is 14.2 Å². The molecule has 0 spiro atoms. The Morgan fingerprint density at radius 3 is 2.86 bits per heavy atom. The third kappa shape index (κ3) is 3.94. The fourth-order valence-corrected chi connectivity index (χ4v) is 3.21. The zero-order valence-corrected chi connectivity index (χ0v) is 16.5. The lowest BCUT2D eigenvalue weighted by molar-refractivity contribution is -0.116. The van der Waals surface area contributed by atoms with Gasteiger partial charge in [0.05, 0.1) is 6.61 Å². The Morgan fingerprint density at radius 1 is 1.36 bits per heavy atom. The summed E-state index contributed by atoms with van der Waals surface area (Å²) in [7, 11) is 0. The maximum atomic E-state index is 12.8. The maximum Gasteiger partial charge on any atom is 0.342 e. The highest BCUT2D eigenvalue weighted by Gasteiger charge is 2.24. The lowest BCUT2D eigenvalue weighted by Crippen LogP contribution is -2.28. The molecule has 0 aliphatic heterocycles. The largest absolute Gasteiger partial charge is 0.462 e. The van der Waals surface area contributed by atoms with E-state index in [0.29, 0.717) is 5.69 Å². The third-order valence-corrected chi connectivity index (χ3v) is 4.73. The molecule has 146 valence electrons. The predicted molar refractivity (Wildman–Crippen MR) is 106 cm³/mol. The molecule has 9 heteroatoms. The highest BCUT2D eigenvalue weighted by molar-refractivity contribution is 7.98. The molecule has 28 heavy (non-hydrogen) atoms. The highest BCUT2D eigenvalue weighted by Crippen LogP contribution is 2.22. The van der Waals surface area contributed by atoms with Gasteiger partial charge in [0.25, 0.3) is 5.56 Å². The van der Waals surface area contributed by atoms with Gasteiger partial charge >= 0.3 is 5.97 Å². The summed E-state index contributed by atoms with van der Waals surface area (Å²) in [5.74, 6) is -0.803. The Labute approximate surface area is 164 Å². The molecule has 3 aromatic rings. The van der Waals surface area contributed by atoms with E-state index in [2.05, 4.69) is 10.3 Å². The van der Waals surface area contributed by atoms with Crippen molar-refractivity contribution < 1.29 is 18.7 Å². The van der Waals surface area contributed by atoms with E-state index in [1.807, 2.05) is 24.5 Å². The number of aromatic nitrogens is 2. The summed E-state index contributed by atoms with van der Waals surface area (Å²) in [4.78, 5) is 42.5. The molecule has 0 saturated heterocycles. The van der Waals surface area contributed by atoms with Crippen molar-refractivity contribution in [2.24, 2.45) is 0 Å². The van der Waals surface area contributed by atoms with Crippen LogP contribution in [-0.4, -0.2) is 34.3 Å². The van der Waals surface area contributed by atoms with Crippen LogP contribution in [0.4, 0.5) is 5.69 Å². The lowest BCUT2D eigenvalue weighted by Gasteiger charge is -2.08. The van der Waals surface area contributed by atoms with Gasteiger partial charge in [-0.1, -0.05) is 6.07 Å². The van der Waals surface area contributed by atoms with Gasteiger partial charge in [0.15, 0.2) is 0 Å². The van der Waals surface area contributed by atoms with E-state index in [9.17, 15) is 14.4 Å². The van der Waals surface area contributed by atoms with Crippen molar-refractivity contribution in [2.75, 3.05) is 18.2 Å². The van der Waals surface area contributed by atoms with Crippen molar-refractivity contribution in [1.29, 1.82) is 0 Å². The Hall–Kier alpha value is -3.07. The molecule has 0 aliphatic carbocycles. The van der Waals surface area contributed by atoms with Gasteiger partial charge in [0.1, 0.15) is 29.6 Å².